The van der Waals surface area contributed by atoms with Crippen LogP contribution in [0.5, 0.6) is 0 Å². The van der Waals surface area contributed by atoms with Gasteiger partial charge in [-0.05, 0) is 83.0 Å². The predicted octanol–water partition coefficient (Wildman–Crippen LogP) is 7.39. The summed E-state index contributed by atoms with van der Waals surface area (Å²) in [6.45, 7) is 11.4. The van der Waals surface area contributed by atoms with Gasteiger partial charge in [0, 0.05) is 27.9 Å². The summed E-state index contributed by atoms with van der Waals surface area (Å²) in [5.41, 5.74) is 5.85. The first-order valence-electron chi connectivity index (χ1n) is 11.7. The lowest BCUT2D eigenvalue weighted by atomic mass is 9.90. The van der Waals surface area contributed by atoms with E-state index in [0.29, 0.717) is 5.02 Å². The Morgan fingerprint density at radius 1 is 1.06 bits per heavy atom. The molecule has 0 saturated carbocycles. The van der Waals surface area contributed by atoms with E-state index >= 15 is 0 Å². The quantitative estimate of drug-likeness (QED) is 0.242. The Bertz CT molecular complexity index is 1610. The van der Waals surface area contributed by atoms with Crippen LogP contribution in [0.3, 0.4) is 0 Å². The molecule has 8 heteroatoms. The molecule has 6 nitrogen and oxygen atoms in total. The van der Waals surface area contributed by atoms with Crippen LogP contribution in [0.25, 0.3) is 37.6 Å². The van der Waals surface area contributed by atoms with Gasteiger partial charge in [0.1, 0.15) is 16.9 Å². The number of benzene rings is 2. The van der Waals surface area contributed by atoms with Crippen molar-refractivity contribution in [3.63, 3.8) is 0 Å². The lowest BCUT2D eigenvalue weighted by Crippen LogP contribution is -2.27. The standard InChI is InChI=1S/C28H27ClN4O2S/c1-15-13-21-26(36-27(30-21)19-11-12-33-17(3)31-32-22(33)14-19)24(18-7-9-20(29)10-8-18)23(15)25(16(2)34)35-28(4,5)6/h7-14,25H,1-6H3/t25-/m1/s1. The van der Waals surface area contributed by atoms with Crippen molar-refractivity contribution in [2.24, 2.45) is 0 Å². The minimum absolute atomic E-state index is 0.0417. The minimum Gasteiger partial charge on any atom is -0.360 e. The van der Waals surface area contributed by atoms with Gasteiger partial charge in [0.2, 0.25) is 0 Å². The summed E-state index contributed by atoms with van der Waals surface area (Å²) in [5, 5.41) is 9.95. The summed E-state index contributed by atoms with van der Waals surface area (Å²) in [4.78, 5) is 17.9. The highest BCUT2D eigenvalue weighted by atomic mass is 35.5. The molecule has 0 unspecified atom stereocenters. The van der Waals surface area contributed by atoms with Gasteiger partial charge in [0.15, 0.2) is 11.4 Å². The van der Waals surface area contributed by atoms with Crippen LogP contribution >= 0.6 is 22.9 Å². The second-order valence-corrected chi connectivity index (χ2v) is 11.4. The first-order chi connectivity index (χ1) is 17.0. The van der Waals surface area contributed by atoms with Gasteiger partial charge < -0.3 is 4.74 Å². The van der Waals surface area contributed by atoms with E-state index in [0.717, 1.165) is 54.5 Å². The van der Waals surface area contributed by atoms with Crippen LogP contribution < -0.4 is 0 Å². The Hall–Kier alpha value is -3.13. The number of halogens is 1. The number of hydrogen-bond donors (Lipinski definition) is 0. The highest BCUT2D eigenvalue weighted by molar-refractivity contribution is 7.22. The predicted molar refractivity (Wildman–Crippen MR) is 146 cm³/mol. The molecular weight excluding hydrogens is 492 g/mol. The maximum absolute atomic E-state index is 12.9. The maximum Gasteiger partial charge on any atom is 0.163 e. The van der Waals surface area contributed by atoms with Crippen molar-refractivity contribution in [3.05, 3.63) is 70.6 Å². The molecule has 0 aliphatic rings. The molecular formula is C28H27ClN4O2S. The third kappa shape index (κ3) is 4.54. The number of ketones is 1. The summed E-state index contributed by atoms with van der Waals surface area (Å²) in [6.07, 6.45) is 1.26. The molecule has 0 aliphatic carbocycles. The molecule has 2 aromatic carbocycles. The second-order valence-electron chi connectivity index (χ2n) is 9.97. The van der Waals surface area contributed by atoms with E-state index in [1.165, 1.54) is 0 Å². The molecule has 0 aliphatic heterocycles. The van der Waals surface area contributed by atoms with E-state index in [-0.39, 0.29) is 5.78 Å². The normalized spacial score (nSPS) is 13.0. The average molecular weight is 519 g/mol. The highest BCUT2D eigenvalue weighted by Crippen LogP contribution is 2.44. The maximum atomic E-state index is 12.9. The zero-order valence-electron chi connectivity index (χ0n) is 21.1. The number of carbonyl (C=O) groups excluding carboxylic acids is 1. The van der Waals surface area contributed by atoms with Gasteiger partial charge in [-0.15, -0.1) is 21.5 Å². The van der Waals surface area contributed by atoms with Crippen molar-refractivity contribution in [1.82, 2.24) is 19.6 Å². The summed E-state index contributed by atoms with van der Waals surface area (Å²) in [5.74, 6) is 0.792. The van der Waals surface area contributed by atoms with E-state index in [1.54, 1.807) is 18.3 Å². The molecule has 0 radical (unpaired) electrons. The number of hydrogen-bond acceptors (Lipinski definition) is 6. The Kier molecular flexibility index (Phi) is 6.19. The van der Waals surface area contributed by atoms with Crippen LogP contribution in [-0.2, 0) is 9.53 Å². The molecule has 3 aromatic heterocycles. The molecule has 0 fully saturated rings. The molecule has 0 bridgehead atoms. The Balaban J connectivity index is 1.78. The molecule has 3 heterocycles. The van der Waals surface area contributed by atoms with Crippen molar-refractivity contribution in [2.45, 2.75) is 53.2 Å². The van der Waals surface area contributed by atoms with Crippen LogP contribution in [0, 0.1) is 13.8 Å². The van der Waals surface area contributed by atoms with E-state index in [2.05, 4.69) is 10.2 Å². The molecule has 0 N–H and O–H groups in total. The largest absolute Gasteiger partial charge is 0.360 e. The van der Waals surface area contributed by atoms with Gasteiger partial charge in [-0.25, -0.2) is 4.98 Å². The van der Waals surface area contributed by atoms with Crippen LogP contribution in [0.2, 0.25) is 5.02 Å². The molecule has 184 valence electrons. The summed E-state index contributed by atoms with van der Waals surface area (Å²) >= 11 is 7.81. The number of Topliss-reactive ketones (excluding diaryl/α,β-unsaturated/α-hetero) is 1. The number of fused-ring (bicyclic) bond motifs is 2. The highest BCUT2D eigenvalue weighted by Gasteiger charge is 2.30. The number of pyridine rings is 1. The van der Waals surface area contributed by atoms with E-state index in [1.807, 2.05) is 87.7 Å². The molecule has 5 aromatic rings. The zero-order valence-corrected chi connectivity index (χ0v) is 22.7. The Morgan fingerprint density at radius 2 is 1.78 bits per heavy atom. The van der Waals surface area contributed by atoms with E-state index in [9.17, 15) is 4.79 Å². The SMILES string of the molecule is CC(=O)[C@@H](OC(C)(C)C)c1c(C)cc2nc(-c3ccn4c(C)nnc4c3)sc2c1-c1ccc(Cl)cc1. The molecule has 1 atom stereocenters. The van der Waals surface area contributed by atoms with Gasteiger partial charge in [-0.1, -0.05) is 23.7 Å². The lowest BCUT2D eigenvalue weighted by Gasteiger charge is -2.29. The average Bonchev–Trinajstić information content (AvgIpc) is 3.40. The Morgan fingerprint density at radius 3 is 2.44 bits per heavy atom. The number of aryl methyl sites for hydroxylation is 2. The lowest BCUT2D eigenvalue weighted by molar-refractivity contribution is -0.138. The van der Waals surface area contributed by atoms with Gasteiger partial charge in [-0.2, -0.15) is 0 Å². The molecule has 0 spiro atoms. The number of rotatable bonds is 5. The van der Waals surface area contributed by atoms with Gasteiger partial charge in [0.05, 0.1) is 15.8 Å². The van der Waals surface area contributed by atoms with Crippen molar-refractivity contribution in [1.29, 1.82) is 0 Å². The van der Waals surface area contributed by atoms with Gasteiger partial charge >= 0.3 is 0 Å². The van der Waals surface area contributed by atoms with Gasteiger partial charge in [0.25, 0.3) is 0 Å². The second kappa shape index (κ2) is 9.07. The van der Waals surface area contributed by atoms with Crippen LogP contribution in [0.4, 0.5) is 0 Å². The first kappa shape index (κ1) is 24.6. The fourth-order valence-corrected chi connectivity index (χ4v) is 5.67. The summed E-state index contributed by atoms with van der Waals surface area (Å²) < 4.78 is 9.27. The molecule has 36 heavy (non-hydrogen) atoms. The zero-order chi connectivity index (χ0) is 25.8. The van der Waals surface area contributed by atoms with Crippen LogP contribution in [-0.4, -0.2) is 31.0 Å². The fraction of sp³-hybridized carbons (Fsp3) is 0.286. The number of ether oxygens (including phenoxy) is 1. The van der Waals surface area contributed by atoms with Gasteiger partial charge in [-0.3, -0.25) is 9.20 Å². The van der Waals surface area contributed by atoms with Crippen LogP contribution in [0.1, 0.15) is 50.8 Å². The van der Waals surface area contributed by atoms with Crippen molar-refractivity contribution in [2.75, 3.05) is 0 Å². The Labute approximate surface area is 218 Å². The van der Waals surface area contributed by atoms with E-state index in [4.69, 9.17) is 21.3 Å². The molecule has 5 rings (SSSR count). The first-order valence-corrected chi connectivity index (χ1v) is 12.9. The number of nitrogens with zero attached hydrogens (tertiary/aromatic N) is 4. The molecule has 0 saturated heterocycles. The van der Waals surface area contributed by atoms with Crippen molar-refractivity contribution >= 4 is 44.6 Å². The van der Waals surface area contributed by atoms with E-state index < -0.39 is 11.7 Å². The third-order valence-electron chi connectivity index (χ3n) is 5.99. The fourth-order valence-electron chi connectivity index (χ4n) is 4.42. The number of aromatic nitrogens is 4. The van der Waals surface area contributed by atoms with Crippen LogP contribution in [0.15, 0.2) is 48.7 Å². The smallest absolute Gasteiger partial charge is 0.163 e. The van der Waals surface area contributed by atoms with Crippen molar-refractivity contribution < 1.29 is 9.53 Å². The van der Waals surface area contributed by atoms with Crippen molar-refractivity contribution in [3.8, 4) is 21.7 Å². The summed E-state index contributed by atoms with van der Waals surface area (Å²) in [6, 6.07) is 13.8. The molecule has 0 amide bonds. The summed E-state index contributed by atoms with van der Waals surface area (Å²) in [7, 11) is 0. The number of thiazole rings is 1. The monoisotopic (exact) mass is 518 g/mol. The number of carbonyl (C=O) groups is 1. The topological polar surface area (TPSA) is 69.4 Å². The third-order valence-corrected chi connectivity index (χ3v) is 7.38. The minimum atomic E-state index is -0.707.